The molecule has 0 aliphatic rings. The zero-order valence-electron chi connectivity index (χ0n) is 4.97. The Kier molecular flexibility index (Phi) is 3.62. The lowest BCUT2D eigenvalue weighted by atomic mass is 11.0. The molecule has 1 rings (SSSR count). The molecule has 0 aromatic carbocycles. The molecular formula is C3H6N3O3S-. The minimum absolute atomic E-state index is 0. The molecule has 6 nitrogen and oxygen atoms in total. The van der Waals surface area contributed by atoms with Crippen LogP contribution in [0.1, 0.15) is 0 Å². The number of hydrogen-bond acceptors (Lipinski definition) is 5. The Hall–Kier alpha value is -0.920. The Labute approximate surface area is 59.9 Å². The van der Waals surface area contributed by atoms with Crippen LogP contribution in [-0.2, 0) is 11.4 Å². The molecule has 58 valence electrons. The highest BCUT2D eigenvalue weighted by molar-refractivity contribution is 7.74. The van der Waals surface area contributed by atoms with E-state index in [2.05, 4.69) is 9.27 Å². The topological polar surface area (TPSA) is 102 Å². The fraction of sp³-hybridized carbons (Fsp3) is 0. The fourth-order valence-electron chi connectivity index (χ4n) is 0.361. The molecular weight excluding hydrogens is 158 g/mol. The van der Waals surface area contributed by atoms with Gasteiger partial charge < -0.3 is 15.0 Å². The van der Waals surface area contributed by atoms with E-state index in [-0.39, 0.29) is 6.15 Å². The van der Waals surface area contributed by atoms with Gasteiger partial charge in [-0.3, -0.25) is 0 Å². The Balaban J connectivity index is 0.000000810. The lowest BCUT2D eigenvalue weighted by Crippen LogP contribution is -2.10. The van der Waals surface area contributed by atoms with E-state index in [9.17, 15) is 8.76 Å². The molecule has 1 unspecified atom stereocenters. The maximum atomic E-state index is 9.80. The van der Waals surface area contributed by atoms with Gasteiger partial charge in [-0.05, 0) is 0 Å². The SMILES string of the molecule is N.O=S([O-])On1ccnc1. The average Bonchev–Trinajstić information content (AvgIpc) is 2.15. The highest BCUT2D eigenvalue weighted by Gasteiger charge is 1.84. The summed E-state index contributed by atoms with van der Waals surface area (Å²) in [5.74, 6) is 0. The number of imidazole rings is 1. The van der Waals surface area contributed by atoms with Crippen LogP contribution in [0.25, 0.3) is 0 Å². The van der Waals surface area contributed by atoms with Crippen molar-refractivity contribution < 1.29 is 13.0 Å². The first-order valence-electron chi connectivity index (χ1n) is 2.05. The molecule has 1 atom stereocenters. The maximum absolute atomic E-state index is 9.80. The summed E-state index contributed by atoms with van der Waals surface area (Å²) in [6, 6.07) is 0. The van der Waals surface area contributed by atoms with E-state index in [0.717, 1.165) is 4.73 Å². The molecule has 0 aliphatic heterocycles. The van der Waals surface area contributed by atoms with Gasteiger partial charge in [0.2, 0.25) is 0 Å². The summed E-state index contributed by atoms with van der Waals surface area (Å²) in [6.07, 6.45) is 4.01. The van der Waals surface area contributed by atoms with Gasteiger partial charge in [-0.15, -0.1) is 0 Å². The molecule has 3 N–H and O–H groups in total. The second-order valence-electron chi connectivity index (χ2n) is 1.20. The molecule has 0 aliphatic carbocycles. The van der Waals surface area contributed by atoms with Crippen molar-refractivity contribution in [3.8, 4) is 0 Å². The van der Waals surface area contributed by atoms with Crippen LogP contribution < -0.4 is 10.4 Å². The summed E-state index contributed by atoms with van der Waals surface area (Å²) in [7, 11) is 0. The Morgan fingerprint density at radius 3 is 2.80 bits per heavy atom. The molecule has 1 aromatic heterocycles. The predicted molar refractivity (Wildman–Crippen MR) is 32.7 cm³/mol. The summed E-state index contributed by atoms with van der Waals surface area (Å²) in [5, 5.41) is 0. The van der Waals surface area contributed by atoms with Crippen molar-refractivity contribution >= 4 is 11.4 Å². The van der Waals surface area contributed by atoms with Crippen molar-refractivity contribution in [1.29, 1.82) is 0 Å². The van der Waals surface area contributed by atoms with E-state index in [1.54, 1.807) is 0 Å². The minimum atomic E-state index is -2.52. The van der Waals surface area contributed by atoms with Gasteiger partial charge in [0.15, 0.2) is 11.4 Å². The van der Waals surface area contributed by atoms with Crippen LogP contribution in [0.5, 0.6) is 0 Å². The van der Waals surface area contributed by atoms with Gasteiger partial charge in [-0.25, -0.2) is 9.19 Å². The number of nitrogens with zero attached hydrogens (tertiary/aromatic N) is 2. The molecule has 1 heterocycles. The third-order valence-electron chi connectivity index (χ3n) is 0.627. The summed E-state index contributed by atoms with van der Waals surface area (Å²) < 4.78 is 24.7. The number of rotatable bonds is 2. The molecule has 0 amide bonds. The molecule has 7 heteroatoms. The summed E-state index contributed by atoms with van der Waals surface area (Å²) >= 11 is -2.52. The summed E-state index contributed by atoms with van der Waals surface area (Å²) in [6.45, 7) is 0. The third kappa shape index (κ3) is 2.58. The normalized spacial score (nSPS) is 11.7. The zero-order valence-corrected chi connectivity index (χ0v) is 5.78. The van der Waals surface area contributed by atoms with Crippen molar-refractivity contribution in [3.63, 3.8) is 0 Å². The fourth-order valence-corrected chi connectivity index (χ4v) is 0.590. The molecule has 0 saturated carbocycles. The van der Waals surface area contributed by atoms with Gasteiger partial charge >= 0.3 is 0 Å². The maximum Gasteiger partial charge on any atom is 0.167 e. The molecule has 0 fully saturated rings. The van der Waals surface area contributed by atoms with E-state index in [0.29, 0.717) is 0 Å². The highest BCUT2D eigenvalue weighted by Crippen LogP contribution is 1.80. The van der Waals surface area contributed by atoms with Crippen molar-refractivity contribution in [2.75, 3.05) is 0 Å². The standard InChI is InChI=1S/C3H4N2O3S.H3N/c6-9(7)8-5-2-1-4-3-5;/h1-3H,(H,6,7);1H3/p-1. The molecule has 1 aromatic rings. The van der Waals surface area contributed by atoms with Crippen LogP contribution in [0.4, 0.5) is 0 Å². The lowest BCUT2D eigenvalue weighted by Gasteiger charge is -2.04. The summed E-state index contributed by atoms with van der Waals surface area (Å²) in [5.41, 5.74) is 0. The van der Waals surface area contributed by atoms with Crippen LogP contribution >= 0.6 is 0 Å². The zero-order chi connectivity index (χ0) is 6.69. The van der Waals surface area contributed by atoms with Gasteiger partial charge in [-0.1, -0.05) is 0 Å². The highest BCUT2D eigenvalue weighted by atomic mass is 32.2. The lowest BCUT2D eigenvalue weighted by molar-refractivity contribution is 0.265. The molecule has 0 radical (unpaired) electrons. The largest absolute Gasteiger partial charge is 0.738 e. The van der Waals surface area contributed by atoms with E-state index in [1.165, 1.54) is 18.7 Å². The Morgan fingerprint density at radius 2 is 2.40 bits per heavy atom. The van der Waals surface area contributed by atoms with Crippen LogP contribution in [0.3, 0.4) is 0 Å². The van der Waals surface area contributed by atoms with Crippen molar-refractivity contribution in [2.45, 2.75) is 0 Å². The Morgan fingerprint density at radius 1 is 1.70 bits per heavy atom. The Bertz CT molecular complexity index is 199. The van der Waals surface area contributed by atoms with Gasteiger partial charge in [0, 0.05) is 6.20 Å². The molecule has 10 heavy (non-hydrogen) atoms. The van der Waals surface area contributed by atoms with E-state index in [1.807, 2.05) is 0 Å². The first kappa shape index (κ1) is 9.08. The van der Waals surface area contributed by atoms with Crippen LogP contribution in [0.2, 0.25) is 0 Å². The third-order valence-corrected chi connectivity index (χ3v) is 0.921. The van der Waals surface area contributed by atoms with Crippen molar-refractivity contribution in [2.24, 2.45) is 0 Å². The predicted octanol–water partition coefficient (Wildman–Crippen LogP) is -0.732. The van der Waals surface area contributed by atoms with Crippen LogP contribution in [0, 0.1) is 0 Å². The van der Waals surface area contributed by atoms with Crippen LogP contribution in [0.15, 0.2) is 18.7 Å². The van der Waals surface area contributed by atoms with Crippen molar-refractivity contribution in [3.05, 3.63) is 18.7 Å². The van der Waals surface area contributed by atoms with E-state index < -0.39 is 11.4 Å². The molecule has 0 saturated heterocycles. The van der Waals surface area contributed by atoms with E-state index in [4.69, 9.17) is 0 Å². The average molecular weight is 164 g/mol. The first-order chi connectivity index (χ1) is 4.29. The van der Waals surface area contributed by atoms with Crippen LogP contribution in [-0.4, -0.2) is 18.5 Å². The quantitative estimate of drug-likeness (QED) is 0.580. The van der Waals surface area contributed by atoms with Gasteiger partial charge in [-0.2, -0.15) is 4.73 Å². The van der Waals surface area contributed by atoms with Gasteiger partial charge in [0.05, 0.1) is 6.20 Å². The van der Waals surface area contributed by atoms with E-state index >= 15 is 0 Å². The minimum Gasteiger partial charge on any atom is -0.738 e. The molecule has 0 spiro atoms. The number of aromatic nitrogens is 2. The van der Waals surface area contributed by atoms with Gasteiger partial charge in [0.1, 0.15) is 6.33 Å². The van der Waals surface area contributed by atoms with Crippen molar-refractivity contribution in [1.82, 2.24) is 15.9 Å². The smallest absolute Gasteiger partial charge is 0.167 e. The van der Waals surface area contributed by atoms with Gasteiger partial charge in [0.25, 0.3) is 0 Å². The number of hydrogen-bond donors (Lipinski definition) is 1. The molecule has 0 bridgehead atoms. The second-order valence-corrected chi connectivity index (χ2v) is 1.76. The second kappa shape index (κ2) is 3.99. The first-order valence-corrected chi connectivity index (χ1v) is 3.05. The monoisotopic (exact) mass is 164 g/mol. The summed E-state index contributed by atoms with van der Waals surface area (Å²) in [4.78, 5) is 3.54.